The third kappa shape index (κ3) is 7.71. The van der Waals surface area contributed by atoms with E-state index < -0.39 is 11.9 Å². The number of nitrogen functional groups attached to an aromatic ring is 1. The predicted molar refractivity (Wildman–Crippen MR) is 216 cm³/mol. The number of aromatic hydroxyl groups is 1. The monoisotopic (exact) mass is 759 g/mol. The van der Waals surface area contributed by atoms with Gasteiger partial charge in [-0.05, 0) is 79.6 Å². The normalized spacial score (nSPS) is 18.5. The van der Waals surface area contributed by atoms with Crippen molar-refractivity contribution in [3.8, 4) is 17.0 Å². The van der Waals surface area contributed by atoms with E-state index in [1.54, 1.807) is 23.7 Å². The number of hydrogen-bond donors (Lipinski definition) is 3. The number of carbonyl (C=O) groups is 2. The van der Waals surface area contributed by atoms with Crippen LogP contribution in [0.5, 0.6) is 5.75 Å². The summed E-state index contributed by atoms with van der Waals surface area (Å²) in [6.45, 7) is 6.84. The molecule has 3 aliphatic rings. The van der Waals surface area contributed by atoms with Crippen molar-refractivity contribution in [1.29, 1.82) is 0 Å². The minimum atomic E-state index is -0.688. The van der Waals surface area contributed by atoms with Crippen molar-refractivity contribution in [2.45, 2.75) is 57.2 Å². The molecule has 14 nitrogen and oxygen atoms in total. The molecule has 292 valence electrons. The minimum absolute atomic E-state index is 0.165. The van der Waals surface area contributed by atoms with E-state index in [9.17, 15) is 19.5 Å². The Morgan fingerprint density at radius 1 is 0.875 bits per heavy atom. The Balaban J connectivity index is 0.780. The Morgan fingerprint density at radius 3 is 2.38 bits per heavy atom. The van der Waals surface area contributed by atoms with Gasteiger partial charge in [0.1, 0.15) is 11.8 Å². The topological polar surface area (TPSA) is 164 Å². The number of nitrogens with one attached hydrogen (secondary N) is 1. The van der Waals surface area contributed by atoms with Gasteiger partial charge in [-0.25, -0.2) is 4.79 Å². The molecule has 8 rings (SSSR count). The number of benzene rings is 3. The lowest BCUT2D eigenvalue weighted by Gasteiger charge is -2.37. The summed E-state index contributed by atoms with van der Waals surface area (Å²) >= 11 is 0. The number of aromatic nitrogens is 4. The van der Waals surface area contributed by atoms with Crippen LogP contribution in [0.4, 0.5) is 17.2 Å². The third-order valence-electron chi connectivity index (χ3n) is 11.5. The summed E-state index contributed by atoms with van der Waals surface area (Å²) in [5.41, 5.74) is 13.2. The zero-order valence-electron chi connectivity index (χ0n) is 31.8. The summed E-state index contributed by atoms with van der Waals surface area (Å²) < 4.78 is 9.49. The average Bonchev–Trinajstić information content (AvgIpc) is 3.47. The number of amides is 2. The number of anilines is 3. The maximum absolute atomic E-state index is 13.3. The van der Waals surface area contributed by atoms with Gasteiger partial charge in [0.25, 0.3) is 0 Å². The molecule has 5 heterocycles. The third-order valence-corrected chi connectivity index (χ3v) is 11.5. The minimum Gasteiger partial charge on any atom is -0.507 e. The van der Waals surface area contributed by atoms with Gasteiger partial charge in [-0.3, -0.25) is 28.9 Å². The zero-order valence-corrected chi connectivity index (χ0v) is 31.8. The van der Waals surface area contributed by atoms with Crippen LogP contribution in [0.15, 0.2) is 77.6 Å². The van der Waals surface area contributed by atoms with Gasteiger partial charge in [-0.1, -0.05) is 36.4 Å². The number of piperidine rings is 2. The zero-order chi connectivity index (χ0) is 38.8. The number of phenols is 1. The molecule has 0 aliphatic carbocycles. The molecule has 2 amide bonds. The van der Waals surface area contributed by atoms with E-state index in [0.29, 0.717) is 30.1 Å². The average molecular weight is 760 g/mol. The van der Waals surface area contributed by atoms with Gasteiger partial charge in [0.2, 0.25) is 11.8 Å². The Kier molecular flexibility index (Phi) is 10.7. The van der Waals surface area contributed by atoms with Gasteiger partial charge in [-0.2, -0.15) is 0 Å². The lowest BCUT2D eigenvalue weighted by atomic mass is 10.0. The van der Waals surface area contributed by atoms with E-state index >= 15 is 0 Å². The molecule has 1 unspecified atom stereocenters. The molecule has 2 aromatic heterocycles. The van der Waals surface area contributed by atoms with Gasteiger partial charge in [-0.15, -0.1) is 10.2 Å². The van der Waals surface area contributed by atoms with E-state index in [0.717, 1.165) is 93.8 Å². The highest BCUT2D eigenvalue weighted by Crippen LogP contribution is 2.32. The van der Waals surface area contributed by atoms with Crippen LogP contribution in [0.1, 0.15) is 49.3 Å². The number of phenolic OH excluding ortho intramolecular Hbond substituents is 1. The number of nitrogens with zero attached hydrogens (tertiary/aromatic N) is 7. The second kappa shape index (κ2) is 16.2. The molecule has 3 saturated heterocycles. The number of carbonyl (C=O) groups excluding carboxylic acids is 2. The Morgan fingerprint density at radius 2 is 1.62 bits per heavy atom. The van der Waals surface area contributed by atoms with Crippen LogP contribution in [0.2, 0.25) is 0 Å². The van der Waals surface area contributed by atoms with Crippen molar-refractivity contribution in [3.63, 3.8) is 0 Å². The van der Waals surface area contributed by atoms with Crippen molar-refractivity contribution in [2.75, 3.05) is 61.4 Å². The predicted octanol–water partition coefficient (Wildman–Crippen LogP) is 4.00. The molecule has 0 saturated carbocycles. The van der Waals surface area contributed by atoms with Crippen LogP contribution in [-0.4, -0.2) is 93.1 Å². The first-order chi connectivity index (χ1) is 27.2. The molecule has 5 aromatic rings. The van der Waals surface area contributed by atoms with Crippen molar-refractivity contribution in [3.05, 3.63) is 94.4 Å². The first-order valence-electron chi connectivity index (χ1n) is 19.6. The number of likely N-dealkylation sites (tertiary alicyclic amines) is 1. The van der Waals surface area contributed by atoms with Crippen molar-refractivity contribution < 1.29 is 19.4 Å². The van der Waals surface area contributed by atoms with Crippen molar-refractivity contribution >= 4 is 40.0 Å². The Bertz CT molecular complexity index is 2270. The molecule has 3 aromatic carbocycles. The number of imidazole rings is 1. The fraction of sp³-hybridized carbons (Fsp3) is 0.405. The van der Waals surface area contributed by atoms with Gasteiger partial charge >= 0.3 is 5.69 Å². The summed E-state index contributed by atoms with van der Waals surface area (Å²) in [4.78, 5) is 44.7. The molecular formula is C42H49N9O5. The van der Waals surface area contributed by atoms with Gasteiger partial charge in [0, 0.05) is 77.1 Å². The smallest absolute Gasteiger partial charge is 0.329 e. The first kappa shape index (κ1) is 37.2. The Hall–Kier alpha value is -5.73. The molecule has 3 fully saturated rings. The van der Waals surface area contributed by atoms with E-state index in [4.69, 9.17) is 10.5 Å². The molecule has 0 spiro atoms. The standard InChI is InChI=1S/C42H49N9O5/c1-47-39-29(6-4-9-34(39)51(42(47)55)35-15-16-38(53)44-41(35)54)7-5-25-56-31-17-19-48(20-18-31)27-28-11-13-30(14-12-28)49-21-23-50(24-22-49)36-26-33(45-46-40(36)43)32-8-2-3-10-37(32)52/h2-4,6,8-14,26,31,35,52H,5,7,15-25,27H2,1H3,(H2,43,46)(H,44,53,54). The maximum atomic E-state index is 13.3. The van der Waals surface area contributed by atoms with E-state index in [2.05, 4.69) is 54.5 Å². The molecule has 3 aliphatic heterocycles. The van der Waals surface area contributed by atoms with E-state index in [1.165, 1.54) is 15.8 Å². The van der Waals surface area contributed by atoms with Crippen LogP contribution >= 0.6 is 0 Å². The molecule has 0 radical (unpaired) electrons. The highest BCUT2D eigenvalue weighted by atomic mass is 16.5. The number of imide groups is 1. The van der Waals surface area contributed by atoms with Crippen LogP contribution in [0.3, 0.4) is 0 Å². The van der Waals surface area contributed by atoms with Crippen LogP contribution in [-0.2, 0) is 34.3 Å². The molecule has 56 heavy (non-hydrogen) atoms. The number of rotatable bonds is 11. The number of hydrogen-bond acceptors (Lipinski definition) is 11. The number of piperazine rings is 1. The molecule has 14 heteroatoms. The molecule has 0 bridgehead atoms. The number of fused-ring (bicyclic) bond motifs is 1. The quantitative estimate of drug-likeness (QED) is 0.132. The summed E-state index contributed by atoms with van der Waals surface area (Å²) in [6.07, 6.45) is 4.34. The largest absolute Gasteiger partial charge is 0.507 e. The van der Waals surface area contributed by atoms with E-state index in [1.807, 2.05) is 36.4 Å². The summed E-state index contributed by atoms with van der Waals surface area (Å²) in [5, 5.41) is 21.1. The fourth-order valence-electron chi connectivity index (χ4n) is 8.44. The van der Waals surface area contributed by atoms with Crippen LogP contribution in [0, 0.1) is 0 Å². The first-order valence-corrected chi connectivity index (χ1v) is 19.6. The van der Waals surface area contributed by atoms with Crippen LogP contribution < -0.4 is 26.5 Å². The van der Waals surface area contributed by atoms with Crippen molar-refractivity contribution in [1.82, 2.24) is 29.5 Å². The highest BCUT2D eigenvalue weighted by molar-refractivity contribution is 6.00. The highest BCUT2D eigenvalue weighted by Gasteiger charge is 2.32. The van der Waals surface area contributed by atoms with Gasteiger partial charge in [0.15, 0.2) is 5.82 Å². The summed E-state index contributed by atoms with van der Waals surface area (Å²) in [5.74, 6) is -0.166. The van der Waals surface area contributed by atoms with E-state index in [-0.39, 0.29) is 29.9 Å². The summed E-state index contributed by atoms with van der Waals surface area (Å²) in [6, 6.07) is 23.1. The summed E-state index contributed by atoms with van der Waals surface area (Å²) in [7, 11) is 1.74. The fourth-order valence-corrected chi connectivity index (χ4v) is 8.44. The maximum Gasteiger partial charge on any atom is 0.329 e. The van der Waals surface area contributed by atoms with Gasteiger partial charge in [0.05, 0.1) is 28.5 Å². The molecular weight excluding hydrogens is 711 g/mol. The molecule has 1 atom stereocenters. The number of para-hydroxylation sites is 2. The van der Waals surface area contributed by atoms with Crippen LogP contribution in [0.25, 0.3) is 22.3 Å². The second-order valence-corrected chi connectivity index (χ2v) is 15.1. The Labute approximate surface area is 325 Å². The lowest BCUT2D eigenvalue weighted by Crippen LogP contribution is -2.46. The second-order valence-electron chi connectivity index (χ2n) is 15.1. The number of nitrogens with two attached hydrogens (primary N) is 1. The number of ether oxygens (including phenoxy) is 1. The lowest BCUT2D eigenvalue weighted by molar-refractivity contribution is -0.135. The molecule has 4 N–H and O–H groups in total. The van der Waals surface area contributed by atoms with Gasteiger partial charge < -0.3 is 25.4 Å². The number of aryl methyl sites for hydroxylation is 2. The SMILES string of the molecule is Cn1c(=O)n(C2CCC(=O)NC2=O)c2cccc(CCCOC3CCN(Cc4ccc(N5CCN(c6cc(-c7ccccc7O)nnc6N)CC5)cc4)CC3)c21. The van der Waals surface area contributed by atoms with Crippen molar-refractivity contribution in [2.24, 2.45) is 7.05 Å².